The highest BCUT2D eigenvalue weighted by Gasteiger charge is 2.40. The van der Waals surface area contributed by atoms with Gasteiger partial charge >= 0.3 is 0 Å². The van der Waals surface area contributed by atoms with Gasteiger partial charge in [-0.15, -0.1) is 0 Å². The molecule has 19 heavy (non-hydrogen) atoms. The van der Waals surface area contributed by atoms with Crippen LogP contribution in [0.25, 0.3) is 0 Å². The van der Waals surface area contributed by atoms with E-state index in [2.05, 4.69) is 54.5 Å². The largest absolute Gasteiger partial charge is 0.351 e. The van der Waals surface area contributed by atoms with Crippen LogP contribution in [0.15, 0.2) is 11.6 Å². The van der Waals surface area contributed by atoms with Crippen molar-refractivity contribution in [3.63, 3.8) is 0 Å². The van der Waals surface area contributed by atoms with Gasteiger partial charge in [0, 0.05) is 10.8 Å². The fourth-order valence-electron chi connectivity index (χ4n) is 3.17. The van der Waals surface area contributed by atoms with Crippen molar-refractivity contribution < 1.29 is 9.47 Å². The van der Waals surface area contributed by atoms with E-state index in [1.165, 1.54) is 12.0 Å². The molecule has 0 spiro atoms. The highest BCUT2D eigenvalue weighted by Crippen LogP contribution is 2.39. The van der Waals surface area contributed by atoms with Gasteiger partial charge in [0.1, 0.15) is 0 Å². The molecule has 1 saturated heterocycles. The summed E-state index contributed by atoms with van der Waals surface area (Å²) in [6, 6.07) is 0. The third-order valence-electron chi connectivity index (χ3n) is 3.94. The summed E-state index contributed by atoms with van der Waals surface area (Å²) in [5.41, 5.74) is 1.47. The summed E-state index contributed by atoms with van der Waals surface area (Å²) in [5.74, 6) is 0.689. The Kier molecular flexibility index (Phi) is 5.64. The highest BCUT2D eigenvalue weighted by molar-refractivity contribution is 5.04. The summed E-state index contributed by atoms with van der Waals surface area (Å²) in [4.78, 5) is 0. The molecule has 0 bridgehead atoms. The van der Waals surface area contributed by atoms with Gasteiger partial charge in [0.05, 0.1) is 13.2 Å². The van der Waals surface area contributed by atoms with Gasteiger partial charge in [0.2, 0.25) is 0 Å². The standard InChI is InChI=1S/C17H32O2/c1-8-17(10-14(4)5)11-18-15(19-12-17)16(6,7)9-13(2)3/h9,14-15H,8,10-12H2,1-7H3. The SMILES string of the molecule is CCC1(CC(C)C)COC(C(C)(C)C=C(C)C)OC1. The first-order chi connectivity index (χ1) is 8.71. The Morgan fingerprint density at radius 2 is 1.79 bits per heavy atom. The summed E-state index contributed by atoms with van der Waals surface area (Å²) in [5, 5.41) is 0. The number of hydrogen-bond acceptors (Lipinski definition) is 2. The van der Waals surface area contributed by atoms with Gasteiger partial charge in [-0.05, 0) is 32.6 Å². The smallest absolute Gasteiger partial charge is 0.166 e. The lowest BCUT2D eigenvalue weighted by atomic mass is 9.78. The molecule has 112 valence electrons. The summed E-state index contributed by atoms with van der Waals surface area (Å²) < 4.78 is 12.2. The molecule has 0 N–H and O–H groups in total. The lowest BCUT2D eigenvalue weighted by Crippen LogP contribution is -2.47. The zero-order valence-corrected chi connectivity index (χ0v) is 13.9. The van der Waals surface area contributed by atoms with E-state index < -0.39 is 0 Å². The first kappa shape index (κ1) is 16.7. The molecule has 0 radical (unpaired) electrons. The van der Waals surface area contributed by atoms with Crippen molar-refractivity contribution in [2.24, 2.45) is 16.7 Å². The quantitative estimate of drug-likeness (QED) is 0.667. The molecule has 0 unspecified atom stereocenters. The van der Waals surface area contributed by atoms with E-state index >= 15 is 0 Å². The molecule has 0 aromatic carbocycles. The number of allylic oxidation sites excluding steroid dienone is 1. The lowest BCUT2D eigenvalue weighted by molar-refractivity contribution is -0.263. The Bertz CT molecular complexity index is 303. The van der Waals surface area contributed by atoms with Gasteiger partial charge < -0.3 is 9.47 Å². The average Bonchev–Trinajstić information content (AvgIpc) is 2.27. The molecule has 2 heteroatoms. The van der Waals surface area contributed by atoms with E-state index in [0.717, 1.165) is 19.6 Å². The van der Waals surface area contributed by atoms with Crippen LogP contribution < -0.4 is 0 Å². The van der Waals surface area contributed by atoms with Crippen LogP contribution in [-0.2, 0) is 9.47 Å². The fourth-order valence-corrected chi connectivity index (χ4v) is 3.17. The van der Waals surface area contributed by atoms with E-state index in [4.69, 9.17) is 9.47 Å². The second kappa shape index (κ2) is 6.41. The van der Waals surface area contributed by atoms with E-state index in [1.807, 2.05) is 0 Å². The summed E-state index contributed by atoms with van der Waals surface area (Å²) in [6.45, 7) is 17.1. The molecule has 1 aliphatic heterocycles. The van der Waals surface area contributed by atoms with Gasteiger partial charge in [-0.2, -0.15) is 0 Å². The van der Waals surface area contributed by atoms with Crippen molar-refractivity contribution in [1.29, 1.82) is 0 Å². The minimum Gasteiger partial charge on any atom is -0.351 e. The van der Waals surface area contributed by atoms with Crippen molar-refractivity contribution in [3.05, 3.63) is 11.6 Å². The third-order valence-corrected chi connectivity index (χ3v) is 3.94. The van der Waals surface area contributed by atoms with E-state index in [1.54, 1.807) is 0 Å². The first-order valence-electron chi connectivity index (χ1n) is 7.60. The van der Waals surface area contributed by atoms with Crippen LogP contribution in [0, 0.1) is 16.7 Å². The average molecular weight is 268 g/mol. The van der Waals surface area contributed by atoms with Crippen LogP contribution in [0.2, 0.25) is 0 Å². The predicted octanol–water partition coefficient (Wildman–Crippen LogP) is 4.79. The summed E-state index contributed by atoms with van der Waals surface area (Å²) in [7, 11) is 0. The van der Waals surface area contributed by atoms with E-state index in [0.29, 0.717) is 5.92 Å². The fraction of sp³-hybridized carbons (Fsp3) is 0.882. The topological polar surface area (TPSA) is 18.5 Å². The molecular weight excluding hydrogens is 236 g/mol. The van der Waals surface area contributed by atoms with E-state index in [9.17, 15) is 0 Å². The molecule has 2 nitrogen and oxygen atoms in total. The second-order valence-electron chi connectivity index (χ2n) is 7.45. The Hall–Kier alpha value is -0.340. The van der Waals surface area contributed by atoms with E-state index in [-0.39, 0.29) is 17.1 Å². The minimum atomic E-state index is -0.116. The molecule has 0 amide bonds. The van der Waals surface area contributed by atoms with Gasteiger partial charge in [-0.1, -0.05) is 46.3 Å². The first-order valence-corrected chi connectivity index (χ1v) is 7.60. The Balaban J connectivity index is 2.68. The lowest BCUT2D eigenvalue weighted by Gasteiger charge is -2.44. The highest BCUT2D eigenvalue weighted by atomic mass is 16.7. The van der Waals surface area contributed by atoms with Crippen molar-refractivity contribution >= 4 is 0 Å². The van der Waals surface area contributed by atoms with Crippen molar-refractivity contribution in [1.82, 2.24) is 0 Å². The maximum atomic E-state index is 6.08. The second-order valence-corrected chi connectivity index (χ2v) is 7.45. The molecule has 0 aromatic heterocycles. The zero-order valence-electron chi connectivity index (χ0n) is 13.9. The summed E-state index contributed by atoms with van der Waals surface area (Å²) >= 11 is 0. The third kappa shape index (κ3) is 4.61. The van der Waals surface area contributed by atoms with Crippen LogP contribution in [0.3, 0.4) is 0 Å². The van der Waals surface area contributed by atoms with Gasteiger partial charge in [-0.25, -0.2) is 0 Å². The molecule has 1 fully saturated rings. The van der Waals surface area contributed by atoms with Crippen LogP contribution in [0.4, 0.5) is 0 Å². The number of hydrogen-bond donors (Lipinski definition) is 0. The number of rotatable bonds is 5. The normalized spacial score (nSPS) is 28.5. The van der Waals surface area contributed by atoms with Crippen molar-refractivity contribution in [2.45, 2.75) is 67.6 Å². The molecule has 0 atom stereocenters. The predicted molar refractivity (Wildman–Crippen MR) is 81.1 cm³/mol. The Labute approximate surface area is 119 Å². The zero-order chi connectivity index (χ0) is 14.7. The van der Waals surface area contributed by atoms with Gasteiger partial charge in [-0.3, -0.25) is 0 Å². The van der Waals surface area contributed by atoms with Crippen molar-refractivity contribution in [3.8, 4) is 0 Å². The molecule has 0 aromatic rings. The van der Waals surface area contributed by atoms with Crippen LogP contribution in [0.5, 0.6) is 0 Å². The molecule has 0 saturated carbocycles. The molecular formula is C17H32O2. The molecule has 0 aliphatic carbocycles. The maximum absolute atomic E-state index is 6.08. The molecule has 1 heterocycles. The Morgan fingerprint density at radius 3 is 2.16 bits per heavy atom. The van der Waals surface area contributed by atoms with Crippen molar-refractivity contribution in [2.75, 3.05) is 13.2 Å². The number of ether oxygens (including phenoxy) is 2. The summed E-state index contributed by atoms with van der Waals surface area (Å²) in [6.07, 6.45) is 4.44. The minimum absolute atomic E-state index is 0.0590. The monoisotopic (exact) mass is 268 g/mol. The van der Waals surface area contributed by atoms with Crippen LogP contribution >= 0.6 is 0 Å². The van der Waals surface area contributed by atoms with Crippen LogP contribution in [-0.4, -0.2) is 19.5 Å². The molecule has 1 rings (SSSR count). The Morgan fingerprint density at radius 1 is 1.26 bits per heavy atom. The van der Waals surface area contributed by atoms with Gasteiger partial charge in [0.25, 0.3) is 0 Å². The van der Waals surface area contributed by atoms with Crippen LogP contribution in [0.1, 0.15) is 61.3 Å². The maximum Gasteiger partial charge on any atom is 0.166 e. The molecule has 1 aliphatic rings. The van der Waals surface area contributed by atoms with Gasteiger partial charge in [0.15, 0.2) is 6.29 Å².